The van der Waals surface area contributed by atoms with Crippen molar-refractivity contribution in [2.24, 2.45) is 17.6 Å². The molecule has 106 valence electrons. The minimum atomic E-state index is 0.111. The van der Waals surface area contributed by atoms with Gasteiger partial charge in [0, 0.05) is 11.3 Å². The number of Topliss-reactive ketones (excluding diaryl/α,β-unsaturated/α-hetero) is 1. The fourth-order valence-electron chi connectivity index (χ4n) is 3.15. The smallest absolute Gasteiger partial charge is 0.201 e. The maximum absolute atomic E-state index is 12.5. The predicted molar refractivity (Wildman–Crippen MR) is 79.8 cm³/mol. The summed E-state index contributed by atoms with van der Waals surface area (Å²) in [5, 5.41) is 1.02. The van der Waals surface area contributed by atoms with Crippen molar-refractivity contribution in [1.82, 2.24) is 0 Å². The molecule has 1 aliphatic carbocycles. The number of benzene rings is 1. The molecule has 1 saturated carbocycles. The van der Waals surface area contributed by atoms with Crippen LogP contribution >= 0.6 is 0 Å². The van der Waals surface area contributed by atoms with E-state index in [2.05, 4.69) is 6.07 Å². The molecule has 2 aromatic rings. The van der Waals surface area contributed by atoms with E-state index in [0.717, 1.165) is 43.2 Å². The van der Waals surface area contributed by atoms with E-state index in [4.69, 9.17) is 10.2 Å². The predicted octanol–water partition coefficient (Wildman–Crippen LogP) is 3.69. The topological polar surface area (TPSA) is 56.2 Å². The average Bonchev–Trinajstić information content (AvgIpc) is 2.89. The molecule has 3 heteroatoms. The summed E-state index contributed by atoms with van der Waals surface area (Å²) >= 11 is 0. The molecule has 1 aliphatic rings. The largest absolute Gasteiger partial charge is 0.453 e. The van der Waals surface area contributed by atoms with Crippen molar-refractivity contribution in [1.29, 1.82) is 0 Å². The van der Waals surface area contributed by atoms with Crippen LogP contribution in [0.3, 0.4) is 0 Å². The van der Waals surface area contributed by atoms with E-state index in [1.54, 1.807) is 0 Å². The Labute approximate surface area is 119 Å². The highest BCUT2D eigenvalue weighted by Gasteiger charge is 2.28. The molecule has 1 aromatic carbocycles. The van der Waals surface area contributed by atoms with Crippen molar-refractivity contribution in [3.63, 3.8) is 0 Å². The maximum atomic E-state index is 12.5. The Hall–Kier alpha value is -1.61. The summed E-state index contributed by atoms with van der Waals surface area (Å²) in [5.41, 5.74) is 7.68. The fourth-order valence-corrected chi connectivity index (χ4v) is 3.15. The van der Waals surface area contributed by atoms with Crippen LogP contribution in [0.4, 0.5) is 0 Å². The van der Waals surface area contributed by atoms with Crippen LogP contribution in [0.5, 0.6) is 0 Å². The number of ketones is 1. The number of nitrogens with two attached hydrogens (primary N) is 1. The number of rotatable bonds is 3. The minimum Gasteiger partial charge on any atom is -0.453 e. The summed E-state index contributed by atoms with van der Waals surface area (Å²) in [7, 11) is 0. The van der Waals surface area contributed by atoms with Crippen LogP contribution < -0.4 is 5.73 Å². The lowest BCUT2D eigenvalue weighted by atomic mass is 9.79. The van der Waals surface area contributed by atoms with Gasteiger partial charge in [0.1, 0.15) is 5.58 Å². The van der Waals surface area contributed by atoms with Gasteiger partial charge >= 0.3 is 0 Å². The summed E-state index contributed by atoms with van der Waals surface area (Å²) in [4.78, 5) is 12.5. The molecule has 0 radical (unpaired) electrons. The summed E-state index contributed by atoms with van der Waals surface area (Å²) in [6, 6.07) is 7.89. The monoisotopic (exact) mass is 271 g/mol. The highest BCUT2D eigenvalue weighted by atomic mass is 16.3. The molecule has 2 N–H and O–H groups in total. The maximum Gasteiger partial charge on any atom is 0.201 e. The van der Waals surface area contributed by atoms with Gasteiger partial charge in [-0.1, -0.05) is 11.6 Å². The molecule has 0 spiro atoms. The van der Waals surface area contributed by atoms with E-state index in [1.165, 1.54) is 5.56 Å². The lowest BCUT2D eigenvalue weighted by molar-refractivity contribution is 0.0847. The van der Waals surface area contributed by atoms with Crippen LogP contribution in [0, 0.1) is 18.8 Å². The van der Waals surface area contributed by atoms with Crippen LogP contribution in [-0.4, -0.2) is 12.3 Å². The first-order chi connectivity index (χ1) is 9.67. The number of hydrogen-bond donors (Lipinski definition) is 1. The summed E-state index contributed by atoms with van der Waals surface area (Å²) in [6.07, 6.45) is 4.01. The van der Waals surface area contributed by atoms with Crippen molar-refractivity contribution in [3.8, 4) is 0 Å². The molecule has 3 rings (SSSR count). The quantitative estimate of drug-likeness (QED) is 0.866. The lowest BCUT2D eigenvalue weighted by Crippen LogP contribution is -2.25. The van der Waals surface area contributed by atoms with Gasteiger partial charge in [-0.15, -0.1) is 0 Å². The third-order valence-electron chi connectivity index (χ3n) is 4.47. The molecule has 0 bridgehead atoms. The first-order valence-corrected chi connectivity index (χ1v) is 7.42. The van der Waals surface area contributed by atoms with Crippen molar-refractivity contribution in [2.45, 2.75) is 32.6 Å². The standard InChI is InChI=1S/C17H21NO2/c1-11-2-7-15-14(8-11)9-16(20-15)17(19)13-5-3-12(10-18)4-6-13/h2,7-9,12-13H,3-6,10,18H2,1H3. The Bertz CT molecular complexity index is 621. The second-order valence-electron chi connectivity index (χ2n) is 5.97. The Morgan fingerprint density at radius 2 is 2.00 bits per heavy atom. The van der Waals surface area contributed by atoms with Crippen molar-refractivity contribution in [3.05, 3.63) is 35.6 Å². The van der Waals surface area contributed by atoms with Gasteiger partial charge < -0.3 is 10.2 Å². The lowest BCUT2D eigenvalue weighted by Gasteiger charge is -2.25. The molecule has 3 nitrogen and oxygen atoms in total. The van der Waals surface area contributed by atoms with Crippen LogP contribution in [0.15, 0.2) is 28.7 Å². The molecule has 0 atom stereocenters. The number of carbonyl (C=O) groups is 1. The number of fused-ring (bicyclic) bond motifs is 1. The summed E-state index contributed by atoms with van der Waals surface area (Å²) < 4.78 is 5.72. The Morgan fingerprint density at radius 3 is 2.70 bits per heavy atom. The van der Waals surface area contributed by atoms with E-state index in [9.17, 15) is 4.79 Å². The molecular weight excluding hydrogens is 250 g/mol. The molecule has 1 fully saturated rings. The molecular formula is C17H21NO2. The van der Waals surface area contributed by atoms with E-state index in [0.29, 0.717) is 11.7 Å². The molecule has 0 saturated heterocycles. The van der Waals surface area contributed by atoms with E-state index in [1.807, 2.05) is 25.1 Å². The average molecular weight is 271 g/mol. The zero-order chi connectivity index (χ0) is 14.1. The summed E-state index contributed by atoms with van der Waals surface area (Å²) in [6.45, 7) is 2.78. The molecule has 0 amide bonds. The van der Waals surface area contributed by atoms with Crippen LogP contribution in [0.1, 0.15) is 41.8 Å². The molecule has 0 aliphatic heterocycles. The van der Waals surface area contributed by atoms with Crippen LogP contribution in [-0.2, 0) is 0 Å². The zero-order valence-corrected chi connectivity index (χ0v) is 11.9. The molecule has 0 unspecified atom stereocenters. The van der Waals surface area contributed by atoms with Gasteiger partial charge in [0.2, 0.25) is 5.78 Å². The molecule has 1 heterocycles. The van der Waals surface area contributed by atoms with E-state index < -0.39 is 0 Å². The van der Waals surface area contributed by atoms with Gasteiger partial charge in [0.15, 0.2) is 5.76 Å². The third kappa shape index (κ3) is 2.50. The minimum absolute atomic E-state index is 0.111. The first kappa shape index (κ1) is 13.4. The van der Waals surface area contributed by atoms with Crippen molar-refractivity contribution >= 4 is 16.8 Å². The van der Waals surface area contributed by atoms with Crippen molar-refractivity contribution < 1.29 is 9.21 Å². The second kappa shape index (κ2) is 5.41. The Morgan fingerprint density at radius 1 is 1.25 bits per heavy atom. The Balaban J connectivity index is 1.79. The zero-order valence-electron chi connectivity index (χ0n) is 11.9. The van der Waals surface area contributed by atoms with E-state index >= 15 is 0 Å². The van der Waals surface area contributed by atoms with Gasteiger partial charge in [-0.05, 0) is 63.3 Å². The van der Waals surface area contributed by atoms with Crippen molar-refractivity contribution in [2.75, 3.05) is 6.54 Å². The first-order valence-electron chi connectivity index (χ1n) is 7.42. The number of aryl methyl sites for hydroxylation is 1. The highest BCUT2D eigenvalue weighted by molar-refractivity contribution is 5.99. The van der Waals surface area contributed by atoms with Crippen LogP contribution in [0.25, 0.3) is 11.0 Å². The van der Waals surface area contributed by atoms with E-state index in [-0.39, 0.29) is 11.7 Å². The highest BCUT2D eigenvalue weighted by Crippen LogP contribution is 2.32. The van der Waals surface area contributed by atoms with Gasteiger partial charge in [0.25, 0.3) is 0 Å². The normalized spacial score (nSPS) is 23.1. The van der Waals surface area contributed by atoms with Gasteiger partial charge in [-0.3, -0.25) is 4.79 Å². The second-order valence-corrected chi connectivity index (χ2v) is 5.97. The summed E-state index contributed by atoms with van der Waals surface area (Å²) in [5.74, 6) is 1.38. The van der Waals surface area contributed by atoms with Gasteiger partial charge in [-0.2, -0.15) is 0 Å². The Kier molecular flexibility index (Phi) is 3.62. The molecule has 1 aromatic heterocycles. The van der Waals surface area contributed by atoms with Gasteiger partial charge in [-0.25, -0.2) is 0 Å². The number of hydrogen-bond acceptors (Lipinski definition) is 3. The van der Waals surface area contributed by atoms with Gasteiger partial charge in [0.05, 0.1) is 0 Å². The molecule has 20 heavy (non-hydrogen) atoms. The SMILES string of the molecule is Cc1ccc2oc(C(=O)C3CCC(CN)CC3)cc2c1. The fraction of sp³-hybridized carbons (Fsp3) is 0.471. The third-order valence-corrected chi connectivity index (χ3v) is 4.47. The number of furan rings is 1. The van der Waals surface area contributed by atoms with Crippen LogP contribution in [0.2, 0.25) is 0 Å². The number of carbonyl (C=O) groups excluding carboxylic acids is 1.